The van der Waals surface area contributed by atoms with Crippen LogP contribution < -0.4 is 9.16 Å². The van der Waals surface area contributed by atoms with Gasteiger partial charge >= 0.3 is 0 Å². The summed E-state index contributed by atoms with van der Waals surface area (Å²) in [5, 5.41) is 1.69. The van der Waals surface area contributed by atoms with Crippen molar-refractivity contribution in [3.8, 4) is 11.5 Å². The van der Waals surface area contributed by atoms with Crippen molar-refractivity contribution in [3.63, 3.8) is 0 Å². The summed E-state index contributed by atoms with van der Waals surface area (Å²) >= 11 is 0. The lowest BCUT2D eigenvalue weighted by atomic mass is 10.1. The van der Waals surface area contributed by atoms with Crippen LogP contribution in [0, 0.1) is 5.82 Å². The van der Waals surface area contributed by atoms with Crippen molar-refractivity contribution in [1.29, 1.82) is 0 Å². The predicted molar refractivity (Wildman–Crippen MR) is 126 cm³/mol. The summed E-state index contributed by atoms with van der Waals surface area (Å²) in [6, 6.07) is 18.8. The van der Waals surface area contributed by atoms with Crippen molar-refractivity contribution in [2.24, 2.45) is 0 Å². The van der Waals surface area contributed by atoms with Crippen molar-refractivity contribution in [2.45, 2.75) is 64.8 Å². The van der Waals surface area contributed by atoms with Crippen LogP contribution in [0.2, 0.25) is 16.6 Å². The Morgan fingerprint density at radius 2 is 1.43 bits per heavy atom. The van der Waals surface area contributed by atoms with Gasteiger partial charge in [0.15, 0.2) is 0 Å². The fourth-order valence-electron chi connectivity index (χ4n) is 4.74. The zero-order chi connectivity index (χ0) is 21.9. The first-order chi connectivity index (χ1) is 14.2. The number of halogens is 1. The van der Waals surface area contributed by atoms with Crippen LogP contribution in [0.15, 0.2) is 60.7 Å². The third kappa shape index (κ3) is 4.54. The lowest BCUT2D eigenvalue weighted by molar-refractivity contribution is 0.308. The second-order valence-electron chi connectivity index (χ2n) is 8.98. The van der Waals surface area contributed by atoms with Gasteiger partial charge < -0.3 is 9.16 Å². The molecule has 3 aromatic rings. The molecule has 0 saturated carbocycles. The van der Waals surface area contributed by atoms with Crippen LogP contribution in [0.1, 0.15) is 47.1 Å². The average Bonchev–Trinajstić information content (AvgIpc) is 2.70. The Bertz CT molecular complexity index is 961. The van der Waals surface area contributed by atoms with Gasteiger partial charge in [0.1, 0.15) is 23.9 Å². The predicted octanol–water partition coefficient (Wildman–Crippen LogP) is 8.11. The Kier molecular flexibility index (Phi) is 6.87. The maximum atomic E-state index is 14.0. The second-order valence-corrected chi connectivity index (χ2v) is 14.4. The number of hydrogen-bond acceptors (Lipinski definition) is 2. The first-order valence-electron chi connectivity index (χ1n) is 10.8. The molecular formula is C26H33FO2Si. The van der Waals surface area contributed by atoms with Crippen LogP contribution >= 0.6 is 0 Å². The Morgan fingerprint density at radius 1 is 0.800 bits per heavy atom. The zero-order valence-corrected chi connectivity index (χ0v) is 19.9. The smallest absolute Gasteiger partial charge is 0.258 e. The van der Waals surface area contributed by atoms with E-state index in [0.717, 1.165) is 22.1 Å². The van der Waals surface area contributed by atoms with Gasteiger partial charge in [-0.3, -0.25) is 0 Å². The molecule has 0 aliphatic rings. The van der Waals surface area contributed by atoms with Crippen molar-refractivity contribution in [3.05, 3.63) is 72.0 Å². The molecule has 3 rings (SSSR count). The molecule has 160 valence electrons. The fourth-order valence-corrected chi connectivity index (χ4v) is 9.97. The van der Waals surface area contributed by atoms with Crippen molar-refractivity contribution in [2.75, 3.05) is 0 Å². The number of hydrogen-bond donors (Lipinski definition) is 0. The third-order valence-corrected chi connectivity index (χ3v) is 12.1. The molecule has 3 aromatic carbocycles. The molecule has 0 radical (unpaired) electrons. The van der Waals surface area contributed by atoms with Crippen molar-refractivity contribution in [1.82, 2.24) is 0 Å². The van der Waals surface area contributed by atoms with Gasteiger partial charge in [-0.2, -0.15) is 0 Å². The van der Waals surface area contributed by atoms with Gasteiger partial charge in [-0.05, 0) is 45.8 Å². The molecule has 0 unspecified atom stereocenters. The van der Waals surface area contributed by atoms with Gasteiger partial charge in [0.2, 0.25) is 0 Å². The van der Waals surface area contributed by atoms with E-state index in [2.05, 4.69) is 41.5 Å². The molecule has 0 fully saturated rings. The first-order valence-corrected chi connectivity index (χ1v) is 13.0. The van der Waals surface area contributed by atoms with Gasteiger partial charge in [0.05, 0.1) is 0 Å². The highest BCUT2D eigenvalue weighted by atomic mass is 28.4. The molecule has 0 saturated heterocycles. The standard InChI is InChI=1S/C26H33FO2Si/c1-18(2)30(19(3)4,20(5)6)29-24-14-22-12-13-23(27)15-25(22)26(16-24)28-17-21-10-8-7-9-11-21/h7-16,18-20H,17H2,1-6H3. The van der Waals surface area contributed by atoms with Crippen molar-refractivity contribution >= 4 is 19.1 Å². The Labute approximate surface area is 181 Å². The lowest BCUT2D eigenvalue weighted by Gasteiger charge is -2.42. The number of ether oxygens (including phenoxy) is 1. The highest BCUT2D eigenvalue weighted by Crippen LogP contribution is 2.44. The summed E-state index contributed by atoms with van der Waals surface area (Å²) in [4.78, 5) is 0. The van der Waals surface area contributed by atoms with E-state index in [-0.39, 0.29) is 5.82 Å². The van der Waals surface area contributed by atoms with E-state index in [1.54, 1.807) is 6.07 Å². The molecule has 0 bridgehead atoms. The minimum absolute atomic E-state index is 0.268. The molecule has 0 aliphatic carbocycles. The molecule has 4 heteroatoms. The van der Waals surface area contributed by atoms with E-state index >= 15 is 0 Å². The van der Waals surface area contributed by atoms with E-state index in [9.17, 15) is 4.39 Å². The number of benzene rings is 3. The number of fused-ring (bicyclic) bond motifs is 1. The van der Waals surface area contributed by atoms with E-state index < -0.39 is 8.32 Å². The monoisotopic (exact) mass is 424 g/mol. The summed E-state index contributed by atoms with van der Waals surface area (Å²) in [6.07, 6.45) is 0. The van der Waals surface area contributed by atoms with Crippen LogP contribution in [-0.2, 0) is 6.61 Å². The Morgan fingerprint density at radius 3 is 2.03 bits per heavy atom. The van der Waals surface area contributed by atoms with Gasteiger partial charge in [-0.1, -0.05) is 77.9 Å². The van der Waals surface area contributed by atoms with Crippen LogP contribution in [-0.4, -0.2) is 8.32 Å². The van der Waals surface area contributed by atoms with Crippen LogP contribution in [0.5, 0.6) is 11.5 Å². The van der Waals surface area contributed by atoms with Crippen LogP contribution in [0.25, 0.3) is 10.8 Å². The molecular weight excluding hydrogens is 391 g/mol. The maximum absolute atomic E-state index is 14.0. The molecule has 0 atom stereocenters. The Balaban J connectivity index is 2.04. The molecule has 0 aromatic heterocycles. The fraction of sp³-hybridized carbons (Fsp3) is 0.385. The highest BCUT2D eigenvalue weighted by molar-refractivity contribution is 6.78. The third-order valence-electron chi connectivity index (χ3n) is 6.09. The summed E-state index contributed by atoms with van der Waals surface area (Å²) in [5.74, 6) is 1.21. The van der Waals surface area contributed by atoms with Gasteiger partial charge in [0, 0.05) is 11.5 Å². The molecule has 0 aliphatic heterocycles. The Hall–Kier alpha value is -2.33. The molecule has 0 amide bonds. The van der Waals surface area contributed by atoms with Crippen LogP contribution in [0.3, 0.4) is 0 Å². The average molecular weight is 425 g/mol. The lowest BCUT2D eigenvalue weighted by Crippen LogP contribution is -2.50. The van der Waals surface area contributed by atoms with E-state index in [0.29, 0.717) is 29.0 Å². The minimum atomic E-state index is -2.11. The highest BCUT2D eigenvalue weighted by Gasteiger charge is 2.47. The topological polar surface area (TPSA) is 18.5 Å². The summed E-state index contributed by atoms with van der Waals surface area (Å²) in [7, 11) is -2.11. The van der Waals surface area contributed by atoms with E-state index in [1.807, 2.05) is 42.5 Å². The largest absolute Gasteiger partial charge is 0.543 e. The SMILES string of the molecule is CC(C)[Si](Oc1cc(OCc2ccccc2)c2cc(F)ccc2c1)(C(C)C)C(C)C. The first kappa shape index (κ1) is 22.4. The molecule has 0 spiro atoms. The number of rotatable bonds is 8. The maximum Gasteiger partial charge on any atom is 0.258 e. The molecule has 30 heavy (non-hydrogen) atoms. The molecule has 2 nitrogen and oxygen atoms in total. The summed E-state index contributed by atoms with van der Waals surface area (Å²) < 4.78 is 27.0. The van der Waals surface area contributed by atoms with E-state index in [4.69, 9.17) is 9.16 Å². The summed E-state index contributed by atoms with van der Waals surface area (Å²) in [6.45, 7) is 14.1. The van der Waals surface area contributed by atoms with Gasteiger partial charge in [-0.25, -0.2) is 4.39 Å². The molecule has 0 heterocycles. The molecule has 0 N–H and O–H groups in total. The second kappa shape index (κ2) is 9.21. The quantitative estimate of drug-likeness (QED) is 0.340. The van der Waals surface area contributed by atoms with Gasteiger partial charge in [0.25, 0.3) is 8.32 Å². The summed E-state index contributed by atoms with van der Waals surface area (Å²) in [5.41, 5.74) is 2.48. The van der Waals surface area contributed by atoms with Crippen LogP contribution in [0.4, 0.5) is 4.39 Å². The zero-order valence-electron chi connectivity index (χ0n) is 18.9. The van der Waals surface area contributed by atoms with E-state index in [1.165, 1.54) is 12.1 Å². The normalized spacial score (nSPS) is 12.2. The minimum Gasteiger partial charge on any atom is -0.543 e. The van der Waals surface area contributed by atoms with Crippen molar-refractivity contribution < 1.29 is 13.6 Å². The van der Waals surface area contributed by atoms with Gasteiger partial charge in [-0.15, -0.1) is 0 Å².